The number of hydrogen-bond acceptors (Lipinski definition) is 3. The normalized spacial score (nSPS) is 17.9. The van der Waals surface area contributed by atoms with Gasteiger partial charge in [0.1, 0.15) is 5.82 Å². The molecule has 5 heteroatoms. The molecule has 0 radical (unpaired) electrons. The van der Waals surface area contributed by atoms with Crippen LogP contribution in [0.2, 0.25) is 0 Å². The maximum Gasteiger partial charge on any atom is 0.237 e. The van der Waals surface area contributed by atoms with Crippen molar-refractivity contribution in [2.75, 3.05) is 31.1 Å². The smallest absolute Gasteiger partial charge is 0.237 e. The van der Waals surface area contributed by atoms with Gasteiger partial charge < -0.3 is 10.2 Å². The monoisotopic (exact) mass is 293 g/mol. The number of halogens is 1. The van der Waals surface area contributed by atoms with Crippen molar-refractivity contribution in [1.29, 1.82) is 0 Å². The van der Waals surface area contributed by atoms with Gasteiger partial charge in [-0.15, -0.1) is 0 Å². The standard InChI is InChI=1S/C16H24FN3O/c1-12(2)18-16(21)13(3)19-8-10-20(11-9-19)15-6-4-14(17)5-7-15/h4-7,12-13H,8-11H2,1-3H3,(H,18,21)/t13-/m0/s1. The molecule has 21 heavy (non-hydrogen) atoms. The first-order valence-electron chi connectivity index (χ1n) is 7.52. The largest absolute Gasteiger partial charge is 0.369 e. The van der Waals surface area contributed by atoms with Crippen LogP contribution in [0.15, 0.2) is 24.3 Å². The molecule has 1 atom stereocenters. The first-order chi connectivity index (χ1) is 9.97. The zero-order chi connectivity index (χ0) is 15.4. The van der Waals surface area contributed by atoms with Crippen molar-refractivity contribution >= 4 is 11.6 Å². The number of hydrogen-bond donors (Lipinski definition) is 1. The van der Waals surface area contributed by atoms with Crippen molar-refractivity contribution < 1.29 is 9.18 Å². The molecule has 1 aliphatic rings. The lowest BCUT2D eigenvalue weighted by Gasteiger charge is -2.38. The fourth-order valence-electron chi connectivity index (χ4n) is 2.59. The Morgan fingerprint density at radius 3 is 2.19 bits per heavy atom. The van der Waals surface area contributed by atoms with E-state index in [2.05, 4.69) is 15.1 Å². The summed E-state index contributed by atoms with van der Waals surface area (Å²) in [5, 5.41) is 2.95. The van der Waals surface area contributed by atoms with Gasteiger partial charge in [-0.25, -0.2) is 4.39 Å². The maximum absolute atomic E-state index is 12.9. The zero-order valence-electron chi connectivity index (χ0n) is 13.0. The van der Waals surface area contributed by atoms with Crippen LogP contribution < -0.4 is 10.2 Å². The van der Waals surface area contributed by atoms with E-state index in [1.807, 2.05) is 20.8 Å². The van der Waals surface area contributed by atoms with E-state index in [9.17, 15) is 9.18 Å². The maximum atomic E-state index is 12.9. The molecule has 0 saturated carbocycles. The van der Waals surface area contributed by atoms with Gasteiger partial charge in [0.05, 0.1) is 6.04 Å². The summed E-state index contributed by atoms with van der Waals surface area (Å²) in [4.78, 5) is 16.5. The third-order valence-corrected chi connectivity index (χ3v) is 3.86. The first kappa shape index (κ1) is 15.8. The number of nitrogens with zero attached hydrogens (tertiary/aromatic N) is 2. The van der Waals surface area contributed by atoms with Crippen molar-refractivity contribution in [3.8, 4) is 0 Å². The number of nitrogens with one attached hydrogen (secondary N) is 1. The Morgan fingerprint density at radius 1 is 1.10 bits per heavy atom. The highest BCUT2D eigenvalue weighted by Gasteiger charge is 2.25. The second kappa shape index (κ2) is 6.89. The van der Waals surface area contributed by atoms with E-state index < -0.39 is 0 Å². The molecule has 2 rings (SSSR count). The SMILES string of the molecule is CC(C)NC(=O)[C@H](C)N1CCN(c2ccc(F)cc2)CC1. The van der Waals surface area contributed by atoms with Crippen LogP contribution in [0.25, 0.3) is 0 Å². The summed E-state index contributed by atoms with van der Waals surface area (Å²) < 4.78 is 12.9. The van der Waals surface area contributed by atoms with Crippen molar-refractivity contribution in [2.24, 2.45) is 0 Å². The lowest BCUT2D eigenvalue weighted by molar-refractivity contribution is -0.126. The number of anilines is 1. The number of piperazine rings is 1. The van der Waals surface area contributed by atoms with E-state index in [-0.39, 0.29) is 23.8 Å². The highest BCUT2D eigenvalue weighted by Crippen LogP contribution is 2.17. The highest BCUT2D eigenvalue weighted by molar-refractivity contribution is 5.81. The van der Waals surface area contributed by atoms with E-state index in [1.54, 1.807) is 12.1 Å². The summed E-state index contributed by atoms with van der Waals surface area (Å²) in [7, 11) is 0. The molecule has 0 aliphatic carbocycles. The van der Waals surface area contributed by atoms with Crippen molar-refractivity contribution in [3.05, 3.63) is 30.1 Å². The molecule has 1 N–H and O–H groups in total. The van der Waals surface area contributed by atoms with Crippen LogP contribution in [-0.4, -0.2) is 49.1 Å². The minimum Gasteiger partial charge on any atom is -0.369 e. The minimum atomic E-state index is -0.212. The zero-order valence-corrected chi connectivity index (χ0v) is 13.0. The lowest BCUT2D eigenvalue weighted by atomic mass is 10.2. The van der Waals surface area contributed by atoms with Gasteiger partial charge in [0, 0.05) is 37.9 Å². The molecule has 1 fully saturated rings. The Labute approximate surface area is 125 Å². The van der Waals surface area contributed by atoms with Crippen LogP contribution in [0.5, 0.6) is 0 Å². The van der Waals surface area contributed by atoms with Crippen LogP contribution in [-0.2, 0) is 4.79 Å². The average molecular weight is 293 g/mol. The lowest BCUT2D eigenvalue weighted by Crippen LogP contribution is -2.54. The highest BCUT2D eigenvalue weighted by atomic mass is 19.1. The van der Waals surface area contributed by atoms with Gasteiger partial charge in [0.25, 0.3) is 0 Å². The summed E-state index contributed by atoms with van der Waals surface area (Å²) in [6.45, 7) is 9.27. The summed E-state index contributed by atoms with van der Waals surface area (Å²) in [5.41, 5.74) is 1.04. The predicted octanol–water partition coefficient (Wildman–Crippen LogP) is 1.86. The summed E-state index contributed by atoms with van der Waals surface area (Å²) >= 11 is 0. The number of rotatable bonds is 4. The molecule has 1 saturated heterocycles. The second-order valence-electron chi connectivity index (χ2n) is 5.84. The third kappa shape index (κ3) is 4.17. The summed E-state index contributed by atoms with van der Waals surface area (Å²) in [5.74, 6) is -0.128. The molecule has 0 unspecified atom stereocenters. The van der Waals surface area contributed by atoms with Gasteiger partial charge in [-0.1, -0.05) is 0 Å². The Bertz CT molecular complexity index is 467. The molecule has 4 nitrogen and oxygen atoms in total. The topological polar surface area (TPSA) is 35.6 Å². The van der Waals surface area contributed by atoms with Crippen molar-refractivity contribution in [2.45, 2.75) is 32.9 Å². The molecule has 1 aromatic rings. The van der Waals surface area contributed by atoms with Crippen LogP contribution in [0.4, 0.5) is 10.1 Å². The van der Waals surface area contributed by atoms with Gasteiger partial charge in [0.15, 0.2) is 0 Å². The van der Waals surface area contributed by atoms with E-state index in [0.717, 1.165) is 31.9 Å². The first-order valence-corrected chi connectivity index (χ1v) is 7.52. The Balaban J connectivity index is 1.88. The molecule has 116 valence electrons. The third-order valence-electron chi connectivity index (χ3n) is 3.86. The van der Waals surface area contributed by atoms with Gasteiger partial charge >= 0.3 is 0 Å². The van der Waals surface area contributed by atoms with E-state index in [4.69, 9.17) is 0 Å². The predicted molar refractivity (Wildman–Crippen MR) is 82.9 cm³/mol. The fraction of sp³-hybridized carbons (Fsp3) is 0.562. The average Bonchev–Trinajstić information content (AvgIpc) is 2.47. The van der Waals surface area contributed by atoms with Crippen LogP contribution >= 0.6 is 0 Å². The molecule has 0 bridgehead atoms. The van der Waals surface area contributed by atoms with Gasteiger partial charge in [-0.3, -0.25) is 9.69 Å². The molecule has 1 heterocycles. The molecule has 0 spiro atoms. The molecule has 1 aromatic carbocycles. The van der Waals surface area contributed by atoms with Gasteiger partial charge in [0.2, 0.25) is 5.91 Å². The Kier molecular flexibility index (Phi) is 5.17. The quantitative estimate of drug-likeness (QED) is 0.920. The van der Waals surface area contributed by atoms with Gasteiger partial charge in [-0.05, 0) is 45.0 Å². The molecule has 1 aliphatic heterocycles. The number of carbonyl (C=O) groups is 1. The van der Waals surface area contributed by atoms with E-state index >= 15 is 0 Å². The molecule has 0 aromatic heterocycles. The van der Waals surface area contributed by atoms with Crippen LogP contribution in [0.3, 0.4) is 0 Å². The second-order valence-corrected chi connectivity index (χ2v) is 5.84. The Morgan fingerprint density at radius 2 is 1.67 bits per heavy atom. The summed E-state index contributed by atoms with van der Waals surface area (Å²) in [6.07, 6.45) is 0. The van der Waals surface area contributed by atoms with Gasteiger partial charge in [-0.2, -0.15) is 0 Å². The fourth-order valence-corrected chi connectivity index (χ4v) is 2.59. The van der Waals surface area contributed by atoms with Crippen LogP contribution in [0, 0.1) is 5.82 Å². The van der Waals surface area contributed by atoms with E-state index in [1.165, 1.54) is 12.1 Å². The number of benzene rings is 1. The molecular weight excluding hydrogens is 269 g/mol. The number of carbonyl (C=O) groups excluding carboxylic acids is 1. The summed E-state index contributed by atoms with van der Waals surface area (Å²) in [6, 6.07) is 6.64. The van der Waals surface area contributed by atoms with Crippen molar-refractivity contribution in [3.63, 3.8) is 0 Å². The van der Waals surface area contributed by atoms with Crippen molar-refractivity contribution in [1.82, 2.24) is 10.2 Å². The number of amides is 1. The van der Waals surface area contributed by atoms with Crippen LogP contribution in [0.1, 0.15) is 20.8 Å². The minimum absolute atomic E-state index is 0.0835. The Hall–Kier alpha value is -1.62. The molecule has 1 amide bonds. The molecular formula is C16H24FN3O. The van der Waals surface area contributed by atoms with E-state index in [0.29, 0.717) is 0 Å².